The molecule has 5 nitrogen and oxygen atoms in total. The van der Waals surface area contributed by atoms with Gasteiger partial charge in [-0.05, 0) is 31.5 Å². The van der Waals surface area contributed by atoms with Crippen molar-refractivity contribution in [3.63, 3.8) is 0 Å². The van der Waals surface area contributed by atoms with Crippen molar-refractivity contribution in [2.24, 2.45) is 0 Å². The normalized spacial score (nSPS) is 14.2. The number of ether oxygens (including phenoxy) is 2. The maximum absolute atomic E-state index is 11.4. The highest BCUT2D eigenvalue weighted by molar-refractivity contribution is 6.16. The molecule has 1 aliphatic rings. The third kappa shape index (κ3) is 2.29. The summed E-state index contributed by atoms with van der Waals surface area (Å²) in [4.78, 5) is 11.4. The molecule has 0 aliphatic carbocycles. The van der Waals surface area contributed by atoms with Crippen LogP contribution in [0.1, 0.15) is 43.6 Å². The third-order valence-corrected chi connectivity index (χ3v) is 4.28. The number of rotatable bonds is 5. The van der Waals surface area contributed by atoms with Gasteiger partial charge in [0, 0.05) is 11.0 Å². The Labute approximate surface area is 119 Å². The predicted molar refractivity (Wildman–Crippen MR) is 75.5 cm³/mol. The molecule has 0 saturated carbocycles. The smallest absolute Gasteiger partial charge is 0.435 e. The third-order valence-electron chi connectivity index (χ3n) is 4.28. The van der Waals surface area contributed by atoms with Gasteiger partial charge in [-0.1, -0.05) is 13.8 Å². The van der Waals surface area contributed by atoms with E-state index in [4.69, 9.17) is 19.2 Å². The van der Waals surface area contributed by atoms with Crippen molar-refractivity contribution < 1.29 is 23.9 Å². The lowest BCUT2D eigenvalue weighted by Gasteiger charge is -2.42. The van der Waals surface area contributed by atoms with Crippen LogP contribution in [0.25, 0.3) is 0 Å². The second kappa shape index (κ2) is 5.11. The lowest BCUT2D eigenvalue weighted by molar-refractivity contribution is 0.0254. The molecular formula is C14H19BO5. The summed E-state index contributed by atoms with van der Waals surface area (Å²) in [5.74, 6) is 1.20. The molecule has 0 radical (unpaired) electrons. The molecule has 0 spiro atoms. The Balaban J connectivity index is 2.53. The molecule has 0 amide bonds. The zero-order valence-electron chi connectivity index (χ0n) is 12.2. The number of hydrogen-bond acceptors (Lipinski definition) is 5. The molecule has 0 fully saturated rings. The molecule has 1 N–H and O–H groups in total. The van der Waals surface area contributed by atoms with Crippen LogP contribution in [0.2, 0.25) is 0 Å². The Morgan fingerprint density at radius 3 is 2.40 bits per heavy atom. The predicted octanol–water partition coefficient (Wildman–Crippen LogP) is 1.56. The van der Waals surface area contributed by atoms with Crippen molar-refractivity contribution in [2.45, 2.75) is 38.7 Å². The lowest BCUT2D eigenvalue weighted by atomic mass is 9.70. The van der Waals surface area contributed by atoms with Crippen LogP contribution in [0.3, 0.4) is 0 Å². The first-order chi connectivity index (χ1) is 9.33. The van der Waals surface area contributed by atoms with Gasteiger partial charge in [0.25, 0.3) is 0 Å². The molecule has 1 aromatic carbocycles. The fraction of sp³-hybridized carbons (Fsp3) is 0.500. The van der Waals surface area contributed by atoms with Gasteiger partial charge < -0.3 is 19.2 Å². The molecule has 20 heavy (non-hydrogen) atoms. The van der Waals surface area contributed by atoms with Crippen LogP contribution in [-0.2, 0) is 10.1 Å². The first kappa shape index (κ1) is 14.9. The second-order valence-electron chi connectivity index (χ2n) is 5.82. The maximum atomic E-state index is 11.4. The Morgan fingerprint density at radius 1 is 1.25 bits per heavy atom. The average molecular weight is 278 g/mol. The molecule has 0 unspecified atom stereocenters. The van der Waals surface area contributed by atoms with Crippen molar-refractivity contribution in [3.8, 4) is 11.5 Å². The van der Waals surface area contributed by atoms with Gasteiger partial charge in [-0.3, -0.25) is 4.79 Å². The number of hydrogen-bond donors (Lipinski definition) is 1. The van der Waals surface area contributed by atoms with E-state index in [2.05, 4.69) is 0 Å². The zero-order chi connectivity index (χ0) is 15.0. The van der Waals surface area contributed by atoms with Crippen molar-refractivity contribution in [3.05, 3.63) is 23.3 Å². The number of carbonyl (C=O) groups is 1. The van der Waals surface area contributed by atoms with E-state index in [1.165, 1.54) is 0 Å². The van der Waals surface area contributed by atoms with Crippen LogP contribution in [-0.4, -0.2) is 31.4 Å². The monoisotopic (exact) mass is 278 g/mol. The Morgan fingerprint density at radius 2 is 1.85 bits per heavy atom. The largest absolute Gasteiger partial charge is 0.454 e. The van der Waals surface area contributed by atoms with Gasteiger partial charge in [-0.2, -0.15) is 0 Å². The minimum Gasteiger partial charge on any atom is -0.454 e. The highest BCUT2D eigenvalue weighted by Gasteiger charge is 2.41. The first-order valence-electron chi connectivity index (χ1n) is 6.47. The molecule has 1 aliphatic heterocycles. The summed E-state index contributed by atoms with van der Waals surface area (Å²) in [5, 5.41) is 9.06. The molecule has 0 atom stereocenters. The summed E-state index contributed by atoms with van der Waals surface area (Å²) in [6, 6.07) is 3.50. The van der Waals surface area contributed by atoms with E-state index in [-0.39, 0.29) is 14.5 Å². The summed E-state index contributed by atoms with van der Waals surface area (Å²) >= 11 is 0. The Hall–Kier alpha value is -1.53. The lowest BCUT2D eigenvalue weighted by Crippen LogP contribution is -2.46. The van der Waals surface area contributed by atoms with Gasteiger partial charge in [0.1, 0.15) is 6.29 Å². The van der Waals surface area contributed by atoms with E-state index in [0.29, 0.717) is 17.1 Å². The van der Waals surface area contributed by atoms with Crippen molar-refractivity contribution in [1.82, 2.24) is 0 Å². The van der Waals surface area contributed by atoms with Gasteiger partial charge in [0.2, 0.25) is 6.79 Å². The topological polar surface area (TPSA) is 65.0 Å². The molecule has 1 aromatic rings. The minimum atomic E-state index is -0.660. The summed E-state index contributed by atoms with van der Waals surface area (Å²) < 4.78 is 16.1. The second-order valence-corrected chi connectivity index (χ2v) is 5.82. The standard InChI is InChI=1S/C14H19BO5/c1-13(2,14(3,4)20-15-17)10-6-12-11(18-8-19-12)5-9(10)7-16/h5-7,15,17H,8H2,1-4H3. The number of aldehydes is 1. The average Bonchev–Trinajstić information content (AvgIpc) is 2.83. The number of carbonyl (C=O) groups excluding carboxylic acids is 1. The fourth-order valence-electron chi connectivity index (χ4n) is 2.26. The number of fused-ring (bicyclic) bond motifs is 1. The zero-order valence-corrected chi connectivity index (χ0v) is 12.2. The first-order valence-corrected chi connectivity index (χ1v) is 6.47. The van der Waals surface area contributed by atoms with Gasteiger partial charge in [-0.15, -0.1) is 0 Å². The Kier molecular flexibility index (Phi) is 3.80. The highest BCUT2D eigenvalue weighted by atomic mass is 16.7. The van der Waals surface area contributed by atoms with Gasteiger partial charge >= 0.3 is 7.69 Å². The summed E-state index contributed by atoms with van der Waals surface area (Å²) in [6.07, 6.45) is 0.800. The Bertz CT molecular complexity index is 525. The van der Waals surface area contributed by atoms with Crippen LogP contribution in [0, 0.1) is 0 Å². The van der Waals surface area contributed by atoms with E-state index in [1.54, 1.807) is 6.07 Å². The molecule has 0 aromatic heterocycles. The van der Waals surface area contributed by atoms with E-state index in [0.717, 1.165) is 11.8 Å². The maximum Gasteiger partial charge on any atom is 0.435 e. The van der Waals surface area contributed by atoms with E-state index >= 15 is 0 Å². The molecule has 108 valence electrons. The van der Waals surface area contributed by atoms with Gasteiger partial charge in [-0.25, -0.2) is 0 Å². The van der Waals surface area contributed by atoms with E-state index in [9.17, 15) is 4.79 Å². The van der Waals surface area contributed by atoms with Gasteiger partial charge in [0.05, 0.1) is 5.60 Å². The van der Waals surface area contributed by atoms with Crippen LogP contribution in [0.15, 0.2) is 12.1 Å². The summed E-state index contributed by atoms with van der Waals surface area (Å²) in [7, 11) is -0.378. The molecular weight excluding hydrogens is 259 g/mol. The summed E-state index contributed by atoms with van der Waals surface area (Å²) in [5.41, 5.74) is 0.171. The highest BCUT2D eigenvalue weighted by Crippen LogP contribution is 2.43. The van der Waals surface area contributed by atoms with Crippen molar-refractivity contribution >= 4 is 14.0 Å². The molecule has 6 heteroatoms. The fourth-order valence-corrected chi connectivity index (χ4v) is 2.26. The van der Waals surface area contributed by atoms with Crippen LogP contribution < -0.4 is 9.47 Å². The van der Waals surface area contributed by atoms with E-state index in [1.807, 2.05) is 33.8 Å². The van der Waals surface area contributed by atoms with Crippen molar-refractivity contribution in [2.75, 3.05) is 6.79 Å². The van der Waals surface area contributed by atoms with Gasteiger partial charge in [0.15, 0.2) is 11.5 Å². The molecule has 0 saturated heterocycles. The van der Waals surface area contributed by atoms with Crippen molar-refractivity contribution in [1.29, 1.82) is 0 Å². The van der Waals surface area contributed by atoms with Crippen LogP contribution in [0.5, 0.6) is 11.5 Å². The summed E-state index contributed by atoms with van der Waals surface area (Å²) in [6.45, 7) is 7.85. The van der Waals surface area contributed by atoms with Crippen LogP contribution >= 0.6 is 0 Å². The SMILES string of the molecule is CC(C)(OBO)C(C)(C)c1cc2c(cc1C=O)OCO2. The molecule has 0 bridgehead atoms. The molecule has 1 heterocycles. The van der Waals surface area contributed by atoms with E-state index < -0.39 is 11.0 Å². The van der Waals surface area contributed by atoms with Crippen LogP contribution in [0.4, 0.5) is 0 Å². The molecule has 2 rings (SSSR count). The number of benzene rings is 1. The quantitative estimate of drug-likeness (QED) is 0.654. The minimum absolute atomic E-state index is 0.161.